The third-order valence-electron chi connectivity index (χ3n) is 2.26. The van der Waals surface area contributed by atoms with Crippen LogP contribution in [0.25, 0.3) is 0 Å². The Balaban J connectivity index is 2.19. The summed E-state index contributed by atoms with van der Waals surface area (Å²) in [6.45, 7) is 5.58. The van der Waals surface area contributed by atoms with E-state index in [4.69, 9.17) is 4.74 Å². The molecular weight excluding hydrogens is 192 g/mol. The summed E-state index contributed by atoms with van der Waals surface area (Å²) >= 11 is 0. The molecule has 0 aromatic carbocycles. The van der Waals surface area contributed by atoms with E-state index < -0.39 is 5.60 Å². The normalized spacial score (nSPS) is 26.1. The quantitative estimate of drug-likeness (QED) is 0.712. The van der Waals surface area contributed by atoms with Gasteiger partial charge in [0.05, 0.1) is 0 Å². The fourth-order valence-electron chi connectivity index (χ4n) is 1.59. The van der Waals surface area contributed by atoms with Crippen LogP contribution < -0.4 is 5.32 Å². The molecule has 1 N–H and O–H groups in total. The number of amides is 1. The molecule has 0 radical (unpaired) electrons. The van der Waals surface area contributed by atoms with Crippen LogP contribution in [0.4, 0.5) is 4.79 Å². The Bertz CT molecular complexity index is 250. The van der Waals surface area contributed by atoms with Gasteiger partial charge >= 0.3 is 6.09 Å². The lowest BCUT2D eigenvalue weighted by molar-refractivity contribution is 0.0470. The van der Waals surface area contributed by atoms with Crippen LogP contribution in [0, 0.1) is 5.92 Å². The molecule has 1 aliphatic carbocycles. The van der Waals surface area contributed by atoms with Crippen molar-refractivity contribution in [1.29, 1.82) is 0 Å². The Morgan fingerprint density at radius 3 is 2.53 bits per heavy atom. The molecule has 0 heterocycles. The van der Waals surface area contributed by atoms with E-state index in [0.29, 0.717) is 5.92 Å². The fraction of sp³-hybridized carbons (Fsp3) is 0.818. The largest absolute Gasteiger partial charge is 0.444 e. The van der Waals surface area contributed by atoms with Crippen molar-refractivity contribution in [2.24, 2.45) is 10.9 Å². The first-order valence-electron chi connectivity index (χ1n) is 5.32. The summed E-state index contributed by atoms with van der Waals surface area (Å²) in [7, 11) is 1.77. The zero-order valence-corrected chi connectivity index (χ0v) is 9.91. The molecule has 1 rings (SSSR count). The van der Waals surface area contributed by atoms with Gasteiger partial charge in [-0.2, -0.15) is 0 Å². The topological polar surface area (TPSA) is 50.7 Å². The number of carbonyl (C=O) groups is 1. The average molecular weight is 212 g/mol. The number of carbonyl (C=O) groups excluding carboxylic acids is 1. The molecular formula is C11H20N2O2. The van der Waals surface area contributed by atoms with Gasteiger partial charge in [-0.15, -0.1) is 0 Å². The standard InChI is InChI=1S/C11H20N2O2/c1-11(2,3)15-10(14)13-9-5-8(6-9)7-12-4/h7-9H,5-6H2,1-4H3,(H,13,14). The molecule has 0 aliphatic heterocycles. The third kappa shape index (κ3) is 4.32. The smallest absolute Gasteiger partial charge is 0.407 e. The van der Waals surface area contributed by atoms with Crippen LogP contribution in [0.3, 0.4) is 0 Å². The summed E-state index contributed by atoms with van der Waals surface area (Å²) in [6, 6.07) is 0.253. The number of nitrogens with one attached hydrogen (secondary N) is 1. The van der Waals surface area contributed by atoms with Gasteiger partial charge in [0, 0.05) is 19.3 Å². The summed E-state index contributed by atoms with van der Waals surface area (Å²) in [5, 5.41) is 2.84. The zero-order valence-electron chi connectivity index (χ0n) is 9.91. The molecule has 0 bridgehead atoms. The minimum Gasteiger partial charge on any atom is -0.444 e. The summed E-state index contributed by atoms with van der Waals surface area (Å²) in [5.41, 5.74) is -0.419. The molecule has 0 spiro atoms. The van der Waals surface area contributed by atoms with Crippen molar-refractivity contribution in [1.82, 2.24) is 5.32 Å². The van der Waals surface area contributed by atoms with Gasteiger partial charge in [0.2, 0.25) is 0 Å². The van der Waals surface area contributed by atoms with Gasteiger partial charge in [-0.05, 0) is 39.5 Å². The first kappa shape index (κ1) is 12.0. The van der Waals surface area contributed by atoms with Crippen LogP contribution in [0.5, 0.6) is 0 Å². The fourth-order valence-corrected chi connectivity index (χ4v) is 1.59. The van der Waals surface area contributed by atoms with E-state index in [1.54, 1.807) is 7.05 Å². The molecule has 1 fully saturated rings. The minimum absolute atomic E-state index is 0.253. The van der Waals surface area contributed by atoms with Gasteiger partial charge in [0.1, 0.15) is 5.60 Å². The van der Waals surface area contributed by atoms with Crippen LogP contribution in [0.1, 0.15) is 33.6 Å². The van der Waals surface area contributed by atoms with Gasteiger partial charge in [-0.1, -0.05) is 0 Å². The van der Waals surface area contributed by atoms with E-state index in [2.05, 4.69) is 10.3 Å². The van der Waals surface area contributed by atoms with Gasteiger partial charge in [0.25, 0.3) is 0 Å². The molecule has 4 nitrogen and oxygen atoms in total. The van der Waals surface area contributed by atoms with Gasteiger partial charge in [-0.25, -0.2) is 4.79 Å². The van der Waals surface area contributed by atoms with E-state index in [-0.39, 0.29) is 12.1 Å². The summed E-state index contributed by atoms with van der Waals surface area (Å²) in [6.07, 6.45) is 3.56. The Hall–Kier alpha value is -1.06. The number of hydrogen-bond donors (Lipinski definition) is 1. The molecule has 0 saturated heterocycles. The van der Waals surface area contributed by atoms with Crippen molar-refractivity contribution in [3.05, 3.63) is 0 Å². The summed E-state index contributed by atoms with van der Waals surface area (Å²) in [5.74, 6) is 0.523. The van der Waals surface area contributed by atoms with Crippen molar-refractivity contribution >= 4 is 12.3 Å². The Kier molecular flexibility index (Phi) is 3.72. The number of hydrogen-bond acceptors (Lipinski definition) is 3. The highest BCUT2D eigenvalue weighted by Gasteiger charge is 2.30. The van der Waals surface area contributed by atoms with Crippen LogP contribution in [0.15, 0.2) is 4.99 Å². The molecule has 0 unspecified atom stereocenters. The predicted octanol–water partition coefficient (Wildman–Crippen LogP) is 1.99. The molecule has 0 atom stereocenters. The maximum absolute atomic E-state index is 11.4. The predicted molar refractivity (Wildman–Crippen MR) is 60.3 cm³/mol. The van der Waals surface area contributed by atoms with Crippen LogP contribution in [0.2, 0.25) is 0 Å². The van der Waals surface area contributed by atoms with Crippen molar-refractivity contribution in [3.63, 3.8) is 0 Å². The second kappa shape index (κ2) is 4.64. The Labute approximate surface area is 91.1 Å². The molecule has 86 valence electrons. The number of alkyl carbamates (subject to hydrolysis) is 1. The molecule has 15 heavy (non-hydrogen) atoms. The lowest BCUT2D eigenvalue weighted by Crippen LogP contribution is -2.46. The van der Waals surface area contributed by atoms with E-state index in [9.17, 15) is 4.79 Å². The Morgan fingerprint density at radius 2 is 2.07 bits per heavy atom. The van der Waals surface area contributed by atoms with Crippen molar-refractivity contribution in [3.8, 4) is 0 Å². The molecule has 0 aromatic rings. The maximum Gasteiger partial charge on any atom is 0.407 e. The Morgan fingerprint density at radius 1 is 1.47 bits per heavy atom. The van der Waals surface area contributed by atoms with Gasteiger partial charge < -0.3 is 15.0 Å². The van der Waals surface area contributed by atoms with Crippen molar-refractivity contribution in [2.75, 3.05) is 7.05 Å². The number of nitrogens with zero attached hydrogens (tertiary/aromatic N) is 1. The molecule has 4 heteroatoms. The second-order valence-corrected chi connectivity index (χ2v) is 4.98. The van der Waals surface area contributed by atoms with Crippen molar-refractivity contribution < 1.29 is 9.53 Å². The monoisotopic (exact) mass is 212 g/mol. The maximum atomic E-state index is 11.4. The van der Waals surface area contributed by atoms with E-state index >= 15 is 0 Å². The average Bonchev–Trinajstić information content (AvgIpc) is 1.97. The van der Waals surface area contributed by atoms with E-state index in [1.165, 1.54) is 0 Å². The highest BCUT2D eigenvalue weighted by atomic mass is 16.6. The number of ether oxygens (including phenoxy) is 1. The second-order valence-electron chi connectivity index (χ2n) is 4.98. The van der Waals surface area contributed by atoms with E-state index in [1.807, 2.05) is 27.0 Å². The summed E-state index contributed by atoms with van der Waals surface area (Å²) in [4.78, 5) is 15.3. The van der Waals surface area contributed by atoms with E-state index in [0.717, 1.165) is 12.8 Å². The third-order valence-corrected chi connectivity index (χ3v) is 2.26. The van der Waals surface area contributed by atoms with Crippen LogP contribution >= 0.6 is 0 Å². The first-order chi connectivity index (χ1) is 6.90. The van der Waals surface area contributed by atoms with Gasteiger partial charge in [0.15, 0.2) is 0 Å². The highest BCUT2D eigenvalue weighted by molar-refractivity contribution is 5.69. The van der Waals surface area contributed by atoms with Gasteiger partial charge in [-0.3, -0.25) is 0 Å². The van der Waals surface area contributed by atoms with Crippen molar-refractivity contribution in [2.45, 2.75) is 45.3 Å². The number of rotatable bonds is 2. The molecule has 1 saturated carbocycles. The lowest BCUT2D eigenvalue weighted by Gasteiger charge is -2.33. The molecule has 1 aliphatic rings. The summed E-state index contributed by atoms with van der Waals surface area (Å²) < 4.78 is 5.16. The minimum atomic E-state index is -0.419. The van der Waals surface area contributed by atoms with Crippen LogP contribution in [-0.2, 0) is 4.74 Å². The molecule has 0 aromatic heterocycles. The lowest BCUT2D eigenvalue weighted by atomic mass is 9.81. The highest BCUT2D eigenvalue weighted by Crippen LogP contribution is 2.25. The number of aliphatic imine (C=N–C) groups is 1. The zero-order chi connectivity index (χ0) is 11.5. The SMILES string of the molecule is CN=CC1CC(NC(=O)OC(C)(C)C)C1. The first-order valence-corrected chi connectivity index (χ1v) is 5.32. The van der Waals surface area contributed by atoms with Crippen LogP contribution in [-0.4, -0.2) is 31.0 Å². The molecule has 1 amide bonds.